The Bertz CT molecular complexity index is 561. The van der Waals surface area contributed by atoms with E-state index in [1.54, 1.807) is 25.1 Å². The van der Waals surface area contributed by atoms with E-state index in [4.69, 9.17) is 0 Å². The predicted octanol–water partition coefficient (Wildman–Crippen LogP) is 3.08. The molecular formula is C15H22O4S. The summed E-state index contributed by atoms with van der Waals surface area (Å²) in [4.78, 5) is 11.6. The van der Waals surface area contributed by atoms with Crippen molar-refractivity contribution < 1.29 is 18.3 Å². The van der Waals surface area contributed by atoms with Gasteiger partial charge < -0.3 is 5.11 Å². The highest BCUT2D eigenvalue weighted by Gasteiger charge is 2.27. The van der Waals surface area contributed by atoms with Crippen LogP contribution >= 0.6 is 0 Å². The Labute approximate surface area is 120 Å². The third-order valence-corrected chi connectivity index (χ3v) is 5.10. The summed E-state index contributed by atoms with van der Waals surface area (Å²) in [7, 11) is -3.42. The Hall–Kier alpha value is -1.36. The van der Waals surface area contributed by atoms with Crippen molar-refractivity contribution in [3.63, 3.8) is 0 Å². The largest absolute Gasteiger partial charge is 0.481 e. The summed E-state index contributed by atoms with van der Waals surface area (Å²) >= 11 is 0. The number of carboxylic acid groups (broad SMARTS) is 1. The maximum atomic E-state index is 12.3. The summed E-state index contributed by atoms with van der Waals surface area (Å²) in [6, 6.07) is 6.46. The minimum Gasteiger partial charge on any atom is -0.481 e. The highest BCUT2D eigenvalue weighted by Crippen LogP contribution is 2.30. The zero-order valence-electron chi connectivity index (χ0n) is 12.2. The molecule has 0 amide bonds. The number of benzene rings is 1. The van der Waals surface area contributed by atoms with Crippen LogP contribution < -0.4 is 0 Å². The standard InChI is InChI=1S/C15H22O4S/c1-4-9-20(18,19)14-8-6-5-7-12(14)13(15(16)17)10-11(2)3/h5-8,11,13H,4,9-10H2,1-3H3,(H,16,17). The number of carbonyl (C=O) groups is 1. The number of carboxylic acids is 1. The van der Waals surface area contributed by atoms with E-state index in [1.807, 2.05) is 13.8 Å². The van der Waals surface area contributed by atoms with Crippen LogP contribution in [0.3, 0.4) is 0 Å². The molecule has 1 unspecified atom stereocenters. The summed E-state index contributed by atoms with van der Waals surface area (Å²) in [6.45, 7) is 5.65. The first-order valence-electron chi connectivity index (χ1n) is 6.84. The lowest BCUT2D eigenvalue weighted by Gasteiger charge is -2.18. The van der Waals surface area contributed by atoms with Crippen molar-refractivity contribution in [1.82, 2.24) is 0 Å². The average Bonchev–Trinajstić information content (AvgIpc) is 2.35. The quantitative estimate of drug-likeness (QED) is 0.839. The molecule has 1 rings (SSSR count). The Balaban J connectivity index is 3.33. The summed E-state index contributed by atoms with van der Waals surface area (Å²) in [6.07, 6.45) is 0.937. The van der Waals surface area contributed by atoms with Crippen LogP contribution in [0, 0.1) is 5.92 Å². The van der Waals surface area contributed by atoms with Crippen molar-refractivity contribution in [3.05, 3.63) is 29.8 Å². The molecule has 0 fully saturated rings. The summed E-state index contributed by atoms with van der Waals surface area (Å²) in [5.41, 5.74) is 0.405. The molecule has 0 radical (unpaired) electrons. The van der Waals surface area contributed by atoms with Gasteiger partial charge in [-0.15, -0.1) is 0 Å². The van der Waals surface area contributed by atoms with Crippen LogP contribution in [-0.4, -0.2) is 25.2 Å². The van der Waals surface area contributed by atoms with Crippen LogP contribution in [0.15, 0.2) is 29.2 Å². The monoisotopic (exact) mass is 298 g/mol. The van der Waals surface area contributed by atoms with Gasteiger partial charge >= 0.3 is 5.97 Å². The van der Waals surface area contributed by atoms with Crippen LogP contribution in [0.25, 0.3) is 0 Å². The number of hydrogen-bond donors (Lipinski definition) is 1. The predicted molar refractivity (Wildman–Crippen MR) is 78.6 cm³/mol. The second kappa shape index (κ2) is 6.88. The first-order valence-corrected chi connectivity index (χ1v) is 8.49. The molecule has 1 N–H and O–H groups in total. The number of aliphatic carboxylic acids is 1. The fourth-order valence-electron chi connectivity index (χ4n) is 2.26. The minimum absolute atomic E-state index is 0.0397. The van der Waals surface area contributed by atoms with Crippen LogP contribution in [0.2, 0.25) is 0 Å². The van der Waals surface area contributed by atoms with Gasteiger partial charge in [-0.25, -0.2) is 8.42 Å². The summed E-state index contributed by atoms with van der Waals surface area (Å²) in [5, 5.41) is 9.40. The van der Waals surface area contributed by atoms with E-state index < -0.39 is 21.7 Å². The van der Waals surface area contributed by atoms with E-state index in [0.29, 0.717) is 18.4 Å². The average molecular weight is 298 g/mol. The number of hydrogen-bond acceptors (Lipinski definition) is 3. The van der Waals surface area contributed by atoms with Crippen molar-refractivity contribution >= 4 is 15.8 Å². The molecule has 0 saturated heterocycles. The molecule has 1 aromatic carbocycles. The normalized spacial score (nSPS) is 13.4. The van der Waals surface area contributed by atoms with Gasteiger partial charge in [0.15, 0.2) is 9.84 Å². The van der Waals surface area contributed by atoms with Gasteiger partial charge in [0.1, 0.15) is 0 Å². The smallest absolute Gasteiger partial charge is 0.311 e. The molecule has 0 aliphatic carbocycles. The number of sulfone groups is 1. The van der Waals surface area contributed by atoms with Gasteiger partial charge in [0.05, 0.1) is 16.6 Å². The fourth-order valence-corrected chi connectivity index (χ4v) is 3.88. The molecule has 112 valence electrons. The maximum Gasteiger partial charge on any atom is 0.311 e. The van der Waals surface area contributed by atoms with Gasteiger partial charge in [-0.2, -0.15) is 0 Å². The molecule has 5 heteroatoms. The molecule has 0 heterocycles. The van der Waals surface area contributed by atoms with Crippen LogP contribution in [0.1, 0.15) is 45.1 Å². The van der Waals surface area contributed by atoms with Crippen LogP contribution in [-0.2, 0) is 14.6 Å². The van der Waals surface area contributed by atoms with E-state index in [9.17, 15) is 18.3 Å². The van der Waals surface area contributed by atoms with Gasteiger partial charge in [-0.3, -0.25) is 4.79 Å². The van der Waals surface area contributed by atoms with E-state index in [0.717, 1.165) is 0 Å². The van der Waals surface area contributed by atoms with Gasteiger partial charge in [0.2, 0.25) is 0 Å². The Morgan fingerprint density at radius 2 is 1.85 bits per heavy atom. The second-order valence-corrected chi connectivity index (χ2v) is 7.45. The van der Waals surface area contributed by atoms with Crippen molar-refractivity contribution in [2.45, 2.75) is 44.4 Å². The molecule has 0 saturated carbocycles. The molecule has 4 nitrogen and oxygen atoms in total. The van der Waals surface area contributed by atoms with Gasteiger partial charge in [0.25, 0.3) is 0 Å². The molecule has 1 aromatic rings. The molecule has 20 heavy (non-hydrogen) atoms. The molecule has 0 spiro atoms. The third-order valence-electron chi connectivity index (χ3n) is 3.11. The molecule has 0 bridgehead atoms. The van der Waals surface area contributed by atoms with E-state index in [2.05, 4.69) is 0 Å². The summed E-state index contributed by atoms with van der Waals surface area (Å²) < 4.78 is 24.5. The lowest BCUT2D eigenvalue weighted by molar-refractivity contribution is -0.139. The van der Waals surface area contributed by atoms with Gasteiger partial charge in [0, 0.05) is 0 Å². The van der Waals surface area contributed by atoms with E-state index in [-0.39, 0.29) is 16.6 Å². The maximum absolute atomic E-state index is 12.3. The highest BCUT2D eigenvalue weighted by atomic mass is 32.2. The first-order chi connectivity index (χ1) is 9.29. The van der Waals surface area contributed by atoms with E-state index >= 15 is 0 Å². The SMILES string of the molecule is CCCS(=O)(=O)c1ccccc1C(CC(C)C)C(=O)O. The fraction of sp³-hybridized carbons (Fsp3) is 0.533. The second-order valence-electron chi connectivity index (χ2n) is 5.38. The zero-order chi connectivity index (χ0) is 15.3. The third kappa shape index (κ3) is 4.07. The molecule has 1 atom stereocenters. The lowest BCUT2D eigenvalue weighted by atomic mass is 9.90. The zero-order valence-corrected chi connectivity index (χ0v) is 13.0. The van der Waals surface area contributed by atoms with Crippen LogP contribution in [0.5, 0.6) is 0 Å². The Kier molecular flexibility index (Phi) is 5.74. The summed E-state index contributed by atoms with van der Waals surface area (Å²) in [5.74, 6) is -1.54. The topological polar surface area (TPSA) is 71.4 Å². The van der Waals surface area contributed by atoms with E-state index in [1.165, 1.54) is 6.07 Å². The van der Waals surface area contributed by atoms with Crippen molar-refractivity contribution in [2.24, 2.45) is 5.92 Å². The lowest BCUT2D eigenvalue weighted by Crippen LogP contribution is -2.18. The van der Waals surface area contributed by atoms with Gasteiger partial charge in [-0.1, -0.05) is 39.0 Å². The van der Waals surface area contributed by atoms with Gasteiger partial charge in [-0.05, 0) is 30.4 Å². The molecular weight excluding hydrogens is 276 g/mol. The molecule has 0 aliphatic rings. The minimum atomic E-state index is -3.42. The number of rotatable bonds is 7. The Morgan fingerprint density at radius 1 is 1.25 bits per heavy atom. The highest BCUT2D eigenvalue weighted by molar-refractivity contribution is 7.91. The van der Waals surface area contributed by atoms with Crippen LogP contribution in [0.4, 0.5) is 0 Å². The van der Waals surface area contributed by atoms with Crippen molar-refractivity contribution in [2.75, 3.05) is 5.75 Å². The molecule has 0 aromatic heterocycles. The molecule has 0 aliphatic heterocycles. The first kappa shape index (κ1) is 16.7. The van der Waals surface area contributed by atoms with Crippen molar-refractivity contribution in [1.29, 1.82) is 0 Å². The Morgan fingerprint density at radius 3 is 2.35 bits per heavy atom. The van der Waals surface area contributed by atoms with Crippen molar-refractivity contribution in [3.8, 4) is 0 Å².